The van der Waals surface area contributed by atoms with Gasteiger partial charge in [-0.1, -0.05) is 109 Å². The summed E-state index contributed by atoms with van der Waals surface area (Å²) < 4.78 is 15.1. The Kier molecular flexibility index (Phi) is 5.14. The molecule has 43 heavy (non-hydrogen) atoms. The molecule has 1 aliphatic heterocycles. The van der Waals surface area contributed by atoms with Gasteiger partial charge in [-0.2, -0.15) is 5.10 Å². The van der Waals surface area contributed by atoms with Crippen LogP contribution in [-0.2, 0) is 12.0 Å². The van der Waals surface area contributed by atoms with E-state index in [-0.39, 0.29) is 0 Å². The number of fused-ring (bicyclic) bond motifs is 6. The third-order valence-electron chi connectivity index (χ3n) is 8.78. The van der Waals surface area contributed by atoms with E-state index in [2.05, 4.69) is 121 Å². The molecule has 0 spiro atoms. The van der Waals surface area contributed by atoms with Crippen LogP contribution in [0.15, 0.2) is 146 Å². The highest BCUT2D eigenvalue weighted by atomic mass is 16.6. The van der Waals surface area contributed by atoms with Crippen molar-refractivity contribution in [2.75, 3.05) is 0 Å². The predicted molar refractivity (Wildman–Crippen MR) is 169 cm³/mol. The Hall–Kier alpha value is -5.61. The van der Waals surface area contributed by atoms with E-state index in [1.165, 1.54) is 27.8 Å². The standard InChI is InChI=1S/C39H26N2O2/c1-3-12-28(13-4-1)39(29-14-5-2-6-15-29)32-17-9-8-16-30(32)31-22-37-38(23-33(31)39)42-35-20-19-26(21-36(35)43-37)24-41-25-27-11-7-10-18-34(27)40-41/h1-23,25H,24H2. The molecule has 0 amide bonds. The van der Waals surface area contributed by atoms with Gasteiger partial charge in [0, 0.05) is 11.6 Å². The summed E-state index contributed by atoms with van der Waals surface area (Å²) in [6.07, 6.45) is 2.08. The molecule has 0 atom stereocenters. The van der Waals surface area contributed by atoms with E-state index in [9.17, 15) is 0 Å². The topological polar surface area (TPSA) is 36.3 Å². The van der Waals surface area contributed by atoms with Crippen LogP contribution >= 0.6 is 0 Å². The third-order valence-corrected chi connectivity index (χ3v) is 8.78. The molecule has 4 heteroatoms. The lowest BCUT2D eigenvalue weighted by Gasteiger charge is -2.34. The van der Waals surface area contributed by atoms with Crippen LogP contribution in [0.2, 0.25) is 0 Å². The minimum Gasteiger partial charge on any atom is -0.450 e. The number of benzene rings is 6. The quantitative estimate of drug-likeness (QED) is 0.217. The molecule has 0 unspecified atom stereocenters. The van der Waals surface area contributed by atoms with Gasteiger partial charge in [0.1, 0.15) is 0 Å². The van der Waals surface area contributed by atoms with Crippen LogP contribution in [-0.4, -0.2) is 9.78 Å². The van der Waals surface area contributed by atoms with Gasteiger partial charge in [0.15, 0.2) is 23.0 Å². The summed E-state index contributed by atoms with van der Waals surface area (Å²) in [6.45, 7) is 0.645. The summed E-state index contributed by atoms with van der Waals surface area (Å²) in [7, 11) is 0. The van der Waals surface area contributed by atoms with Crippen molar-refractivity contribution in [3.05, 3.63) is 174 Å². The molecular formula is C39H26N2O2. The highest BCUT2D eigenvalue weighted by molar-refractivity contribution is 5.88. The molecule has 9 rings (SSSR count). The molecule has 4 nitrogen and oxygen atoms in total. The van der Waals surface area contributed by atoms with Gasteiger partial charge in [0.25, 0.3) is 0 Å². The van der Waals surface area contributed by atoms with Crippen molar-refractivity contribution in [1.82, 2.24) is 9.78 Å². The smallest absolute Gasteiger partial charge is 0.170 e. The third kappa shape index (κ3) is 3.60. The predicted octanol–water partition coefficient (Wildman–Crippen LogP) is 9.35. The van der Waals surface area contributed by atoms with Crippen molar-refractivity contribution in [2.24, 2.45) is 0 Å². The zero-order chi connectivity index (χ0) is 28.4. The fourth-order valence-corrected chi connectivity index (χ4v) is 6.94. The van der Waals surface area contributed by atoms with E-state index < -0.39 is 5.41 Å². The molecule has 0 saturated heterocycles. The Balaban J connectivity index is 1.16. The Labute approximate surface area is 249 Å². The fraction of sp³-hybridized carbons (Fsp3) is 0.0513. The minimum atomic E-state index is -0.482. The van der Waals surface area contributed by atoms with E-state index in [1.807, 2.05) is 28.9 Å². The Morgan fingerprint density at radius 3 is 1.98 bits per heavy atom. The molecule has 1 aromatic heterocycles. The van der Waals surface area contributed by atoms with Crippen LogP contribution in [0, 0.1) is 0 Å². The molecule has 0 saturated carbocycles. The maximum Gasteiger partial charge on any atom is 0.170 e. The maximum absolute atomic E-state index is 6.58. The Morgan fingerprint density at radius 1 is 0.535 bits per heavy atom. The monoisotopic (exact) mass is 554 g/mol. The van der Waals surface area contributed by atoms with Crippen molar-refractivity contribution >= 4 is 10.9 Å². The van der Waals surface area contributed by atoms with E-state index in [4.69, 9.17) is 14.6 Å². The molecule has 2 aliphatic rings. The summed E-state index contributed by atoms with van der Waals surface area (Å²) in [5.74, 6) is 2.87. The largest absolute Gasteiger partial charge is 0.450 e. The first kappa shape index (κ1) is 24.0. The van der Waals surface area contributed by atoms with E-state index in [0.29, 0.717) is 18.0 Å². The molecule has 0 radical (unpaired) electrons. The van der Waals surface area contributed by atoms with Gasteiger partial charge in [-0.05, 0) is 69.3 Å². The van der Waals surface area contributed by atoms with Crippen molar-refractivity contribution in [3.8, 4) is 34.1 Å². The summed E-state index contributed by atoms with van der Waals surface area (Å²) in [5.41, 5.74) is 8.87. The van der Waals surface area contributed by atoms with Gasteiger partial charge in [-0.3, -0.25) is 4.68 Å². The van der Waals surface area contributed by atoms with Gasteiger partial charge < -0.3 is 9.47 Å². The average Bonchev–Trinajstić information content (AvgIpc) is 3.60. The molecule has 7 aromatic rings. The molecule has 2 heterocycles. The maximum atomic E-state index is 6.58. The second kappa shape index (κ2) is 9.20. The lowest BCUT2D eigenvalue weighted by molar-refractivity contribution is 0.358. The van der Waals surface area contributed by atoms with Gasteiger partial charge >= 0.3 is 0 Å². The summed E-state index contributed by atoms with van der Waals surface area (Å²) >= 11 is 0. The van der Waals surface area contributed by atoms with Crippen LogP contribution in [0.25, 0.3) is 22.0 Å². The van der Waals surface area contributed by atoms with Gasteiger partial charge in [-0.15, -0.1) is 0 Å². The molecule has 0 bridgehead atoms. The first-order chi connectivity index (χ1) is 21.3. The van der Waals surface area contributed by atoms with Crippen LogP contribution in [0.3, 0.4) is 0 Å². The first-order valence-electron chi connectivity index (χ1n) is 14.6. The minimum absolute atomic E-state index is 0.482. The molecule has 1 aliphatic carbocycles. The van der Waals surface area contributed by atoms with Crippen LogP contribution in [0.1, 0.15) is 27.8 Å². The summed E-state index contributed by atoms with van der Waals surface area (Å²) in [5, 5.41) is 5.85. The van der Waals surface area contributed by atoms with Gasteiger partial charge in [0.05, 0.1) is 17.5 Å². The molecular weight excluding hydrogens is 528 g/mol. The number of hydrogen-bond acceptors (Lipinski definition) is 3. The second-order valence-electron chi connectivity index (χ2n) is 11.2. The number of hydrogen-bond donors (Lipinski definition) is 0. The van der Waals surface area contributed by atoms with E-state index in [1.54, 1.807) is 0 Å². The number of rotatable bonds is 4. The Bertz CT molecular complexity index is 2090. The number of nitrogens with zero attached hydrogens (tertiary/aromatic N) is 2. The average molecular weight is 555 g/mol. The lowest BCUT2D eigenvalue weighted by Crippen LogP contribution is -2.28. The Morgan fingerprint density at radius 2 is 1.19 bits per heavy atom. The normalized spacial score (nSPS) is 13.8. The summed E-state index contributed by atoms with van der Waals surface area (Å²) in [4.78, 5) is 0. The van der Waals surface area contributed by atoms with Crippen molar-refractivity contribution in [3.63, 3.8) is 0 Å². The SMILES string of the molecule is c1ccc(C2(c3ccccc3)c3ccccc3-c3cc4c(cc32)Oc2ccc(Cn3cc5ccccc5n3)cc2O4)cc1. The lowest BCUT2D eigenvalue weighted by atomic mass is 9.67. The van der Waals surface area contributed by atoms with Crippen LogP contribution in [0.5, 0.6) is 23.0 Å². The fourth-order valence-electron chi connectivity index (χ4n) is 6.94. The summed E-state index contributed by atoms with van der Waals surface area (Å²) in [6, 6.07) is 49.0. The zero-order valence-corrected chi connectivity index (χ0v) is 23.3. The molecule has 6 aromatic carbocycles. The van der Waals surface area contributed by atoms with Crippen LogP contribution < -0.4 is 9.47 Å². The second-order valence-corrected chi connectivity index (χ2v) is 11.2. The highest BCUT2D eigenvalue weighted by Crippen LogP contribution is 2.59. The number of ether oxygens (including phenoxy) is 2. The van der Waals surface area contributed by atoms with Crippen molar-refractivity contribution < 1.29 is 9.47 Å². The van der Waals surface area contributed by atoms with E-state index >= 15 is 0 Å². The first-order valence-corrected chi connectivity index (χ1v) is 14.6. The van der Waals surface area contributed by atoms with Gasteiger partial charge in [0.2, 0.25) is 0 Å². The highest BCUT2D eigenvalue weighted by Gasteiger charge is 2.47. The van der Waals surface area contributed by atoms with E-state index in [0.717, 1.165) is 33.5 Å². The van der Waals surface area contributed by atoms with Gasteiger partial charge in [-0.25, -0.2) is 0 Å². The molecule has 0 fully saturated rings. The van der Waals surface area contributed by atoms with Crippen LogP contribution in [0.4, 0.5) is 0 Å². The number of aromatic nitrogens is 2. The zero-order valence-electron chi connectivity index (χ0n) is 23.3. The van der Waals surface area contributed by atoms with Crippen molar-refractivity contribution in [1.29, 1.82) is 0 Å². The molecule has 204 valence electrons. The molecule has 0 N–H and O–H groups in total. The van der Waals surface area contributed by atoms with Crippen molar-refractivity contribution in [2.45, 2.75) is 12.0 Å².